The van der Waals surface area contributed by atoms with Crippen LogP contribution in [0.15, 0.2) is 12.1 Å². The molecule has 0 spiro atoms. The van der Waals surface area contributed by atoms with Gasteiger partial charge in [-0.3, -0.25) is 14.6 Å². The van der Waals surface area contributed by atoms with Crippen molar-refractivity contribution in [2.24, 2.45) is 0 Å². The summed E-state index contributed by atoms with van der Waals surface area (Å²) in [5, 5.41) is 2.82. The van der Waals surface area contributed by atoms with Crippen LogP contribution in [0.1, 0.15) is 60.3 Å². The summed E-state index contributed by atoms with van der Waals surface area (Å²) < 4.78 is 42.7. The Morgan fingerprint density at radius 3 is 2.55 bits per heavy atom. The number of halogens is 3. The molecule has 0 unspecified atom stereocenters. The number of alkyl halides is 3. The van der Waals surface area contributed by atoms with Crippen LogP contribution in [-0.4, -0.2) is 60.7 Å². The summed E-state index contributed by atoms with van der Waals surface area (Å²) in [5.41, 5.74) is 1.87. The normalized spacial score (nSPS) is 15.4. The van der Waals surface area contributed by atoms with Gasteiger partial charge in [-0.05, 0) is 38.3 Å². The van der Waals surface area contributed by atoms with Crippen molar-refractivity contribution in [3.8, 4) is 0 Å². The van der Waals surface area contributed by atoms with E-state index in [-0.39, 0.29) is 24.9 Å². The molecule has 2 rings (SSSR count). The molecule has 0 atom stereocenters. The third-order valence-corrected chi connectivity index (χ3v) is 4.78. The molecule has 29 heavy (non-hydrogen) atoms. The van der Waals surface area contributed by atoms with Crippen LogP contribution in [0.4, 0.5) is 13.2 Å². The standard InChI is InChI=1S/C20H28F3N3O3/c1-3-11-29-12-8-24-19(28)16-5-4-14(2)25-18(16)15-6-9-26(10-7-15)17(27)13-20(21,22)23/h4-5,15H,3,6-13H2,1-2H3,(H,24,28). The number of carbonyl (C=O) groups excluding carboxylic acids is 2. The van der Waals surface area contributed by atoms with Crippen LogP contribution in [0.3, 0.4) is 0 Å². The van der Waals surface area contributed by atoms with Gasteiger partial charge >= 0.3 is 6.18 Å². The summed E-state index contributed by atoms with van der Waals surface area (Å²) in [7, 11) is 0. The lowest BCUT2D eigenvalue weighted by atomic mass is 9.89. The number of nitrogens with zero attached hydrogens (tertiary/aromatic N) is 2. The van der Waals surface area contributed by atoms with Crippen molar-refractivity contribution >= 4 is 11.8 Å². The molecule has 6 nitrogen and oxygen atoms in total. The second-order valence-corrected chi connectivity index (χ2v) is 7.20. The lowest BCUT2D eigenvalue weighted by Crippen LogP contribution is -2.40. The fraction of sp³-hybridized carbons (Fsp3) is 0.650. The minimum absolute atomic E-state index is 0.0815. The fourth-order valence-electron chi connectivity index (χ4n) is 3.34. The van der Waals surface area contributed by atoms with Crippen LogP contribution >= 0.6 is 0 Å². The van der Waals surface area contributed by atoms with Gasteiger partial charge < -0.3 is 15.0 Å². The van der Waals surface area contributed by atoms with Gasteiger partial charge in [-0.1, -0.05) is 6.92 Å². The van der Waals surface area contributed by atoms with E-state index in [0.29, 0.717) is 43.9 Å². The van der Waals surface area contributed by atoms with Gasteiger partial charge in [0.15, 0.2) is 0 Å². The van der Waals surface area contributed by atoms with Gasteiger partial charge in [0.1, 0.15) is 6.42 Å². The summed E-state index contributed by atoms with van der Waals surface area (Å²) in [6.45, 7) is 5.72. The predicted molar refractivity (Wildman–Crippen MR) is 102 cm³/mol. The molecule has 1 saturated heterocycles. The molecule has 162 valence electrons. The van der Waals surface area contributed by atoms with E-state index < -0.39 is 18.5 Å². The number of pyridine rings is 1. The highest BCUT2D eigenvalue weighted by Gasteiger charge is 2.35. The van der Waals surface area contributed by atoms with E-state index in [0.717, 1.165) is 12.1 Å². The first-order valence-corrected chi connectivity index (χ1v) is 9.89. The quantitative estimate of drug-likeness (QED) is 0.662. The van der Waals surface area contributed by atoms with E-state index in [1.54, 1.807) is 12.1 Å². The highest BCUT2D eigenvalue weighted by Crippen LogP contribution is 2.30. The van der Waals surface area contributed by atoms with Crippen LogP contribution in [0, 0.1) is 6.92 Å². The zero-order chi connectivity index (χ0) is 21.4. The van der Waals surface area contributed by atoms with Crippen molar-refractivity contribution in [3.63, 3.8) is 0 Å². The van der Waals surface area contributed by atoms with Crippen LogP contribution < -0.4 is 5.32 Å². The number of likely N-dealkylation sites (tertiary alicyclic amines) is 1. The number of piperidine rings is 1. The molecule has 0 aromatic carbocycles. The largest absolute Gasteiger partial charge is 0.397 e. The zero-order valence-corrected chi connectivity index (χ0v) is 16.8. The Morgan fingerprint density at radius 1 is 1.24 bits per heavy atom. The maximum Gasteiger partial charge on any atom is 0.397 e. The number of aryl methyl sites for hydroxylation is 1. The highest BCUT2D eigenvalue weighted by molar-refractivity contribution is 5.95. The summed E-state index contributed by atoms with van der Waals surface area (Å²) >= 11 is 0. The maximum absolute atomic E-state index is 12.6. The molecule has 1 N–H and O–H groups in total. The number of hydrogen-bond donors (Lipinski definition) is 1. The summed E-state index contributed by atoms with van der Waals surface area (Å²) in [4.78, 5) is 30.1. The molecule has 2 amide bonds. The third-order valence-electron chi connectivity index (χ3n) is 4.78. The molecule has 1 aliphatic heterocycles. The first-order valence-electron chi connectivity index (χ1n) is 9.89. The first-order chi connectivity index (χ1) is 13.7. The Kier molecular flexibility index (Phi) is 8.43. The van der Waals surface area contributed by atoms with E-state index in [2.05, 4.69) is 10.3 Å². The molecule has 1 aromatic rings. The Hall–Kier alpha value is -2.16. The molecule has 1 fully saturated rings. The summed E-state index contributed by atoms with van der Waals surface area (Å²) in [6, 6.07) is 3.48. The van der Waals surface area contributed by atoms with Crippen molar-refractivity contribution in [1.29, 1.82) is 0 Å². The van der Waals surface area contributed by atoms with Crippen LogP contribution in [-0.2, 0) is 9.53 Å². The lowest BCUT2D eigenvalue weighted by molar-refractivity contribution is -0.162. The van der Waals surface area contributed by atoms with Crippen molar-refractivity contribution < 1.29 is 27.5 Å². The van der Waals surface area contributed by atoms with E-state index in [9.17, 15) is 22.8 Å². The minimum Gasteiger partial charge on any atom is -0.380 e. The minimum atomic E-state index is -4.50. The molecule has 1 aromatic heterocycles. The Bertz CT molecular complexity index is 702. The number of nitrogens with one attached hydrogen (secondary N) is 1. The maximum atomic E-state index is 12.6. The van der Waals surface area contributed by atoms with Gasteiger partial charge in [0, 0.05) is 37.9 Å². The van der Waals surface area contributed by atoms with Crippen LogP contribution in [0.5, 0.6) is 0 Å². The lowest BCUT2D eigenvalue weighted by Gasteiger charge is -2.32. The topological polar surface area (TPSA) is 71.5 Å². The van der Waals surface area contributed by atoms with Gasteiger partial charge in [-0.15, -0.1) is 0 Å². The van der Waals surface area contributed by atoms with E-state index >= 15 is 0 Å². The zero-order valence-electron chi connectivity index (χ0n) is 16.8. The summed E-state index contributed by atoms with van der Waals surface area (Å²) in [5.74, 6) is -1.23. The average molecular weight is 415 g/mol. The Balaban J connectivity index is 1.99. The van der Waals surface area contributed by atoms with Gasteiger partial charge in [0.2, 0.25) is 5.91 Å². The number of ether oxygens (including phenoxy) is 1. The third kappa shape index (κ3) is 7.30. The number of rotatable bonds is 8. The van der Waals surface area contributed by atoms with Gasteiger partial charge in [-0.2, -0.15) is 13.2 Å². The second-order valence-electron chi connectivity index (χ2n) is 7.20. The molecule has 0 aliphatic carbocycles. The predicted octanol–water partition coefficient (Wildman–Crippen LogP) is 3.20. The molecular weight excluding hydrogens is 387 g/mol. The number of aromatic nitrogens is 1. The molecule has 1 aliphatic rings. The fourth-order valence-corrected chi connectivity index (χ4v) is 3.34. The first kappa shape index (κ1) is 23.1. The molecule has 0 saturated carbocycles. The van der Waals surface area contributed by atoms with Crippen molar-refractivity contribution in [1.82, 2.24) is 15.2 Å². The van der Waals surface area contributed by atoms with Gasteiger partial charge in [0.25, 0.3) is 5.91 Å². The second kappa shape index (κ2) is 10.6. The molecular formula is C20H28F3N3O3. The number of hydrogen-bond acceptors (Lipinski definition) is 4. The smallest absolute Gasteiger partial charge is 0.380 e. The number of carbonyl (C=O) groups is 2. The Labute approximate surface area is 168 Å². The molecule has 9 heteroatoms. The highest BCUT2D eigenvalue weighted by atomic mass is 19.4. The SMILES string of the molecule is CCCOCCNC(=O)c1ccc(C)nc1C1CCN(C(=O)CC(F)(F)F)CC1. The average Bonchev–Trinajstić information content (AvgIpc) is 2.66. The number of amides is 2. The van der Waals surface area contributed by atoms with Crippen molar-refractivity contribution in [3.05, 3.63) is 29.1 Å². The van der Waals surface area contributed by atoms with Crippen LogP contribution in [0.25, 0.3) is 0 Å². The van der Waals surface area contributed by atoms with Crippen molar-refractivity contribution in [2.45, 2.75) is 51.6 Å². The summed E-state index contributed by atoms with van der Waals surface area (Å²) in [6.07, 6.45) is -4.09. The van der Waals surface area contributed by atoms with E-state index in [4.69, 9.17) is 4.74 Å². The molecule has 0 bridgehead atoms. The van der Waals surface area contributed by atoms with Gasteiger partial charge in [-0.25, -0.2) is 0 Å². The Morgan fingerprint density at radius 2 is 1.93 bits per heavy atom. The van der Waals surface area contributed by atoms with E-state index in [1.807, 2.05) is 13.8 Å². The van der Waals surface area contributed by atoms with Crippen LogP contribution in [0.2, 0.25) is 0 Å². The van der Waals surface area contributed by atoms with Gasteiger partial charge in [0.05, 0.1) is 17.9 Å². The molecule has 2 heterocycles. The monoisotopic (exact) mass is 415 g/mol. The molecule has 0 radical (unpaired) electrons. The van der Waals surface area contributed by atoms with E-state index in [1.165, 1.54) is 4.90 Å². The van der Waals surface area contributed by atoms with Crippen molar-refractivity contribution in [2.75, 3.05) is 32.8 Å².